The van der Waals surface area contributed by atoms with Crippen molar-refractivity contribution in [3.8, 4) is 0 Å². The summed E-state index contributed by atoms with van der Waals surface area (Å²) in [6.45, 7) is 7.30. The first-order valence-corrected chi connectivity index (χ1v) is 8.92. The first-order chi connectivity index (χ1) is 4.27. The Morgan fingerprint density at radius 1 is 1.10 bits per heavy atom. The van der Waals surface area contributed by atoms with Crippen LogP contribution in [0, 0.1) is 0 Å². The molecule has 0 aliphatic carbocycles. The molecule has 0 aliphatic rings. The molecule has 0 radical (unpaired) electrons. The van der Waals surface area contributed by atoms with Gasteiger partial charge >= 0.3 is 17.1 Å². The van der Waals surface area contributed by atoms with Crippen molar-refractivity contribution in [3.05, 3.63) is 0 Å². The highest BCUT2D eigenvalue weighted by Crippen LogP contribution is 2.11. The van der Waals surface area contributed by atoms with Gasteiger partial charge in [0, 0.05) is 7.11 Å². The molecule has 62 valence electrons. The van der Waals surface area contributed by atoms with Gasteiger partial charge in [-0.05, 0) is 26.2 Å². The molecule has 10 heavy (non-hydrogen) atoms. The lowest BCUT2D eigenvalue weighted by molar-refractivity contribution is 0.277. The standard InChI is InChI=1S/C5H16O3Si2/c1-7-10(4,5)8-9(2,3)6/h6H,1-5H3. The second-order valence-corrected chi connectivity index (χ2v) is 10.1. The molecule has 0 bridgehead atoms. The average Bonchev–Trinajstić information content (AvgIpc) is 1.60. The summed E-state index contributed by atoms with van der Waals surface area (Å²) in [5.74, 6) is 0. The molecule has 5 heteroatoms. The Bertz CT molecular complexity index is 108. The zero-order valence-electron chi connectivity index (χ0n) is 7.26. The highest BCUT2D eigenvalue weighted by molar-refractivity contribution is 6.78. The van der Waals surface area contributed by atoms with Gasteiger partial charge in [-0.15, -0.1) is 0 Å². The second-order valence-electron chi connectivity index (χ2n) is 3.15. The monoisotopic (exact) mass is 180 g/mol. The normalized spacial score (nSPS) is 13.8. The molecule has 0 aromatic carbocycles. The van der Waals surface area contributed by atoms with Crippen molar-refractivity contribution in [1.82, 2.24) is 0 Å². The van der Waals surface area contributed by atoms with Gasteiger partial charge in [0.15, 0.2) is 0 Å². The van der Waals surface area contributed by atoms with Crippen molar-refractivity contribution in [1.29, 1.82) is 0 Å². The molecule has 3 nitrogen and oxygen atoms in total. The van der Waals surface area contributed by atoms with Crippen molar-refractivity contribution < 1.29 is 13.3 Å². The number of hydrogen-bond donors (Lipinski definition) is 1. The van der Waals surface area contributed by atoms with Gasteiger partial charge in [-0.3, -0.25) is 0 Å². The van der Waals surface area contributed by atoms with Crippen LogP contribution in [0.2, 0.25) is 26.2 Å². The van der Waals surface area contributed by atoms with E-state index in [1.54, 1.807) is 20.2 Å². The molecule has 0 spiro atoms. The fraction of sp³-hybridized carbons (Fsp3) is 1.00. The lowest BCUT2D eigenvalue weighted by atomic mass is 11.8. The van der Waals surface area contributed by atoms with E-state index < -0.39 is 17.1 Å². The van der Waals surface area contributed by atoms with Crippen LogP contribution in [0.25, 0.3) is 0 Å². The summed E-state index contributed by atoms with van der Waals surface area (Å²) in [6.07, 6.45) is 0. The van der Waals surface area contributed by atoms with Gasteiger partial charge in [-0.1, -0.05) is 0 Å². The van der Waals surface area contributed by atoms with Crippen LogP contribution in [0.5, 0.6) is 0 Å². The first kappa shape index (κ1) is 10.3. The lowest BCUT2D eigenvalue weighted by Crippen LogP contribution is -2.45. The zero-order valence-corrected chi connectivity index (χ0v) is 9.26. The third kappa shape index (κ3) is 5.13. The van der Waals surface area contributed by atoms with Crippen LogP contribution < -0.4 is 0 Å². The molecule has 0 amide bonds. The van der Waals surface area contributed by atoms with Gasteiger partial charge < -0.3 is 13.3 Å². The van der Waals surface area contributed by atoms with Gasteiger partial charge in [0.2, 0.25) is 0 Å². The minimum atomic E-state index is -2.38. The molecule has 0 saturated carbocycles. The predicted octanol–water partition coefficient (Wildman–Crippen LogP) is 1.05. The van der Waals surface area contributed by atoms with E-state index in [0.29, 0.717) is 0 Å². The van der Waals surface area contributed by atoms with Crippen molar-refractivity contribution in [3.63, 3.8) is 0 Å². The Hall–Kier alpha value is 0.314. The molecule has 1 N–H and O–H groups in total. The van der Waals surface area contributed by atoms with E-state index in [9.17, 15) is 4.80 Å². The summed E-state index contributed by atoms with van der Waals surface area (Å²) in [5, 5.41) is 0. The minimum absolute atomic E-state index is 1.62. The summed E-state index contributed by atoms with van der Waals surface area (Å²) in [6, 6.07) is 0. The van der Waals surface area contributed by atoms with E-state index in [1.807, 2.05) is 13.1 Å². The first-order valence-electron chi connectivity index (χ1n) is 3.24. The Labute approximate surface area is 64.5 Å². The third-order valence-corrected chi connectivity index (χ3v) is 5.93. The van der Waals surface area contributed by atoms with Crippen LogP contribution in [0.1, 0.15) is 0 Å². The zero-order chi connectivity index (χ0) is 8.41. The van der Waals surface area contributed by atoms with E-state index in [2.05, 4.69) is 0 Å². The predicted molar refractivity (Wildman–Crippen MR) is 45.3 cm³/mol. The van der Waals surface area contributed by atoms with Crippen LogP contribution in [0.3, 0.4) is 0 Å². The quantitative estimate of drug-likeness (QED) is 0.660. The van der Waals surface area contributed by atoms with Gasteiger partial charge in [0.05, 0.1) is 0 Å². The van der Waals surface area contributed by atoms with E-state index >= 15 is 0 Å². The fourth-order valence-electron chi connectivity index (χ4n) is 0.643. The molecule has 0 saturated heterocycles. The number of rotatable bonds is 3. The van der Waals surface area contributed by atoms with Crippen molar-refractivity contribution in [2.75, 3.05) is 7.11 Å². The van der Waals surface area contributed by atoms with E-state index in [4.69, 9.17) is 8.54 Å². The largest absolute Gasteiger partial charge is 0.415 e. The van der Waals surface area contributed by atoms with Crippen molar-refractivity contribution >= 4 is 17.1 Å². The molecule has 0 aromatic rings. The maximum absolute atomic E-state index is 9.36. The molecule has 0 aromatic heterocycles. The Balaban J connectivity index is 3.89. The van der Waals surface area contributed by atoms with Crippen LogP contribution >= 0.6 is 0 Å². The minimum Gasteiger partial charge on any atom is -0.415 e. The Kier molecular flexibility index (Phi) is 3.24. The SMILES string of the molecule is CO[Si](C)(C)O[Si](C)(C)O. The van der Waals surface area contributed by atoms with Crippen LogP contribution in [0.15, 0.2) is 0 Å². The molecular formula is C5H16O3Si2. The fourth-order valence-corrected chi connectivity index (χ4v) is 5.79. The molecule has 0 atom stereocenters. The van der Waals surface area contributed by atoms with Crippen LogP contribution in [-0.4, -0.2) is 29.0 Å². The summed E-state index contributed by atoms with van der Waals surface area (Å²) in [5.41, 5.74) is 0. The van der Waals surface area contributed by atoms with Crippen molar-refractivity contribution in [2.24, 2.45) is 0 Å². The van der Waals surface area contributed by atoms with Gasteiger partial charge in [-0.2, -0.15) is 0 Å². The Morgan fingerprint density at radius 3 is 1.60 bits per heavy atom. The summed E-state index contributed by atoms with van der Waals surface area (Å²) in [7, 11) is -2.76. The molecule has 0 aliphatic heterocycles. The van der Waals surface area contributed by atoms with E-state index in [0.717, 1.165) is 0 Å². The smallest absolute Gasteiger partial charge is 0.322 e. The third-order valence-electron chi connectivity index (χ3n) is 0.987. The van der Waals surface area contributed by atoms with Crippen molar-refractivity contribution in [2.45, 2.75) is 26.2 Å². The number of hydrogen-bond acceptors (Lipinski definition) is 3. The molecule has 0 heterocycles. The molecular weight excluding hydrogens is 164 g/mol. The second kappa shape index (κ2) is 3.14. The summed E-state index contributed by atoms with van der Waals surface area (Å²) < 4.78 is 10.5. The average molecular weight is 180 g/mol. The van der Waals surface area contributed by atoms with E-state index in [-0.39, 0.29) is 0 Å². The highest BCUT2D eigenvalue weighted by atomic mass is 28.5. The molecule has 0 rings (SSSR count). The van der Waals surface area contributed by atoms with Crippen LogP contribution in [-0.2, 0) is 8.54 Å². The van der Waals surface area contributed by atoms with E-state index in [1.165, 1.54) is 0 Å². The molecule has 0 unspecified atom stereocenters. The maximum Gasteiger partial charge on any atom is 0.322 e. The van der Waals surface area contributed by atoms with Gasteiger partial charge in [0.25, 0.3) is 0 Å². The van der Waals surface area contributed by atoms with Gasteiger partial charge in [-0.25, -0.2) is 0 Å². The topological polar surface area (TPSA) is 38.7 Å². The summed E-state index contributed by atoms with van der Waals surface area (Å²) >= 11 is 0. The lowest BCUT2D eigenvalue weighted by Gasteiger charge is -2.27. The summed E-state index contributed by atoms with van der Waals surface area (Å²) in [4.78, 5) is 9.36. The van der Waals surface area contributed by atoms with Gasteiger partial charge in [0.1, 0.15) is 0 Å². The highest BCUT2D eigenvalue weighted by Gasteiger charge is 2.32. The van der Waals surface area contributed by atoms with Crippen LogP contribution in [0.4, 0.5) is 0 Å². The maximum atomic E-state index is 9.36. The Morgan fingerprint density at radius 2 is 1.50 bits per heavy atom. The molecule has 0 fully saturated rings.